The number of rotatable bonds is 7. The van der Waals surface area contributed by atoms with Crippen LogP contribution in [0.1, 0.15) is 50.5 Å². The van der Waals surface area contributed by atoms with E-state index in [0.717, 1.165) is 38.6 Å². The van der Waals surface area contributed by atoms with Crippen molar-refractivity contribution >= 4 is 5.78 Å². The van der Waals surface area contributed by atoms with Gasteiger partial charge in [-0.2, -0.15) is 0 Å². The largest absolute Gasteiger partial charge is 0.314 e. The molecule has 1 atom stereocenters. The topological polar surface area (TPSA) is 29.1 Å². The van der Waals surface area contributed by atoms with Crippen molar-refractivity contribution in [3.63, 3.8) is 0 Å². The second-order valence-electron chi connectivity index (χ2n) is 5.56. The lowest BCUT2D eigenvalue weighted by Gasteiger charge is -2.22. The lowest BCUT2D eigenvalue weighted by molar-refractivity contribution is -0.119. The normalized spacial score (nSPS) is 19.3. The van der Waals surface area contributed by atoms with Crippen molar-refractivity contribution in [1.82, 2.24) is 5.32 Å². The number of carbonyl (C=O) groups is 1. The van der Waals surface area contributed by atoms with Gasteiger partial charge in [0.05, 0.1) is 0 Å². The molecule has 0 aromatic heterocycles. The summed E-state index contributed by atoms with van der Waals surface area (Å²) in [7, 11) is 0. The molecule has 2 heteroatoms. The van der Waals surface area contributed by atoms with Gasteiger partial charge in [0.1, 0.15) is 5.78 Å². The van der Waals surface area contributed by atoms with Crippen molar-refractivity contribution in [1.29, 1.82) is 0 Å². The summed E-state index contributed by atoms with van der Waals surface area (Å²) in [4.78, 5) is 11.8. The summed E-state index contributed by atoms with van der Waals surface area (Å²) in [5.74, 6) is 0.434. The molecule has 0 spiro atoms. The fraction of sp³-hybridized carbons (Fsp3) is 0.588. The quantitative estimate of drug-likeness (QED) is 0.812. The third-order valence-corrected chi connectivity index (χ3v) is 3.95. The summed E-state index contributed by atoms with van der Waals surface area (Å²) in [6, 6.07) is 11.0. The molecule has 0 aliphatic carbocycles. The van der Waals surface area contributed by atoms with Crippen LogP contribution < -0.4 is 5.32 Å². The molecule has 1 N–H and O–H groups in total. The number of benzene rings is 1. The van der Waals surface area contributed by atoms with Gasteiger partial charge in [-0.25, -0.2) is 0 Å². The van der Waals surface area contributed by atoms with E-state index in [1.807, 2.05) is 6.07 Å². The van der Waals surface area contributed by atoms with Gasteiger partial charge < -0.3 is 5.32 Å². The van der Waals surface area contributed by atoms with E-state index in [4.69, 9.17) is 0 Å². The fourth-order valence-corrected chi connectivity index (χ4v) is 2.76. The minimum Gasteiger partial charge on any atom is -0.314 e. The molecule has 1 saturated heterocycles. The number of carbonyl (C=O) groups excluding carboxylic acids is 1. The minimum absolute atomic E-state index is 0.434. The van der Waals surface area contributed by atoms with Gasteiger partial charge in [-0.05, 0) is 44.2 Å². The van der Waals surface area contributed by atoms with E-state index in [1.54, 1.807) is 0 Å². The van der Waals surface area contributed by atoms with E-state index in [-0.39, 0.29) is 0 Å². The van der Waals surface area contributed by atoms with Gasteiger partial charge in [0.2, 0.25) is 0 Å². The second kappa shape index (κ2) is 8.11. The second-order valence-corrected chi connectivity index (χ2v) is 5.56. The van der Waals surface area contributed by atoms with Crippen molar-refractivity contribution in [2.24, 2.45) is 0 Å². The number of ketones is 1. The first-order valence-corrected chi connectivity index (χ1v) is 7.63. The highest BCUT2D eigenvalue weighted by Gasteiger charge is 2.13. The first-order valence-electron chi connectivity index (χ1n) is 7.63. The van der Waals surface area contributed by atoms with Crippen LogP contribution >= 0.6 is 0 Å². The Morgan fingerprint density at radius 1 is 1.16 bits per heavy atom. The van der Waals surface area contributed by atoms with Crippen molar-refractivity contribution in [3.05, 3.63) is 35.9 Å². The number of piperidine rings is 1. The van der Waals surface area contributed by atoms with E-state index >= 15 is 0 Å². The Balaban J connectivity index is 1.57. The maximum absolute atomic E-state index is 11.8. The molecule has 0 bridgehead atoms. The van der Waals surface area contributed by atoms with Gasteiger partial charge in [-0.1, -0.05) is 36.8 Å². The van der Waals surface area contributed by atoms with Crippen molar-refractivity contribution in [2.45, 2.75) is 57.4 Å². The maximum Gasteiger partial charge on any atom is 0.132 e. The van der Waals surface area contributed by atoms with Gasteiger partial charge in [0, 0.05) is 18.9 Å². The van der Waals surface area contributed by atoms with Crippen LogP contribution in [-0.4, -0.2) is 18.4 Å². The monoisotopic (exact) mass is 259 g/mol. The number of hydrogen-bond acceptors (Lipinski definition) is 2. The molecule has 104 valence electrons. The van der Waals surface area contributed by atoms with Crippen LogP contribution in [0.25, 0.3) is 0 Å². The minimum atomic E-state index is 0.434. The van der Waals surface area contributed by atoms with E-state index < -0.39 is 0 Å². The van der Waals surface area contributed by atoms with E-state index in [2.05, 4.69) is 29.6 Å². The van der Waals surface area contributed by atoms with Gasteiger partial charge in [-0.3, -0.25) is 4.79 Å². The molecule has 1 aliphatic rings. The molecule has 1 aliphatic heterocycles. The molecule has 1 fully saturated rings. The van der Waals surface area contributed by atoms with Crippen LogP contribution in [0.15, 0.2) is 30.3 Å². The molecule has 1 aromatic carbocycles. The van der Waals surface area contributed by atoms with Crippen LogP contribution in [0.2, 0.25) is 0 Å². The molecular formula is C17H25NO. The standard InChI is InChI=1S/C17H25NO/c19-17(13-12-16-10-4-5-14-18-16)11-6-9-15-7-2-1-3-8-15/h1-3,7-8,16,18H,4-6,9-14H2. The van der Waals surface area contributed by atoms with Crippen LogP contribution in [-0.2, 0) is 11.2 Å². The molecule has 0 radical (unpaired) electrons. The fourth-order valence-electron chi connectivity index (χ4n) is 2.76. The SMILES string of the molecule is O=C(CCCc1ccccc1)CCC1CCCCN1. The Labute approximate surface area is 116 Å². The van der Waals surface area contributed by atoms with Gasteiger partial charge >= 0.3 is 0 Å². The summed E-state index contributed by atoms with van der Waals surface area (Å²) < 4.78 is 0. The summed E-state index contributed by atoms with van der Waals surface area (Å²) in [5.41, 5.74) is 1.34. The van der Waals surface area contributed by atoms with Gasteiger partial charge in [-0.15, -0.1) is 0 Å². The van der Waals surface area contributed by atoms with Crippen molar-refractivity contribution in [3.8, 4) is 0 Å². The highest BCUT2D eigenvalue weighted by atomic mass is 16.1. The Morgan fingerprint density at radius 3 is 2.74 bits per heavy atom. The van der Waals surface area contributed by atoms with Gasteiger partial charge in [0.15, 0.2) is 0 Å². The number of hydrogen-bond donors (Lipinski definition) is 1. The molecule has 1 heterocycles. The zero-order valence-corrected chi connectivity index (χ0v) is 11.7. The Kier molecular flexibility index (Phi) is 6.09. The first kappa shape index (κ1) is 14.3. The molecule has 2 rings (SSSR count). The lowest BCUT2D eigenvalue weighted by Crippen LogP contribution is -2.34. The van der Waals surface area contributed by atoms with Crippen LogP contribution in [0.5, 0.6) is 0 Å². The molecule has 2 nitrogen and oxygen atoms in total. The molecule has 19 heavy (non-hydrogen) atoms. The average Bonchev–Trinajstić information content (AvgIpc) is 2.47. The molecule has 1 aromatic rings. The zero-order valence-electron chi connectivity index (χ0n) is 11.7. The Hall–Kier alpha value is -1.15. The summed E-state index contributed by atoms with van der Waals surface area (Å²) >= 11 is 0. The number of aryl methyl sites for hydroxylation is 1. The zero-order chi connectivity index (χ0) is 13.3. The molecular weight excluding hydrogens is 234 g/mol. The Bertz CT molecular complexity index is 368. The smallest absolute Gasteiger partial charge is 0.132 e. The number of Topliss-reactive ketones (excluding diaryl/α,β-unsaturated/α-hetero) is 1. The maximum atomic E-state index is 11.8. The number of nitrogens with one attached hydrogen (secondary N) is 1. The predicted molar refractivity (Wildman–Crippen MR) is 79.3 cm³/mol. The van der Waals surface area contributed by atoms with Crippen LogP contribution in [0.4, 0.5) is 0 Å². The van der Waals surface area contributed by atoms with E-state index in [9.17, 15) is 4.79 Å². The first-order chi connectivity index (χ1) is 9.34. The van der Waals surface area contributed by atoms with E-state index in [1.165, 1.54) is 24.8 Å². The molecule has 0 amide bonds. The molecule has 0 saturated carbocycles. The van der Waals surface area contributed by atoms with Crippen LogP contribution in [0, 0.1) is 0 Å². The predicted octanol–water partition coefficient (Wildman–Crippen LogP) is 3.50. The highest BCUT2D eigenvalue weighted by Crippen LogP contribution is 2.13. The lowest BCUT2D eigenvalue weighted by atomic mass is 9.97. The highest BCUT2D eigenvalue weighted by molar-refractivity contribution is 5.78. The van der Waals surface area contributed by atoms with Crippen molar-refractivity contribution < 1.29 is 4.79 Å². The van der Waals surface area contributed by atoms with Gasteiger partial charge in [0.25, 0.3) is 0 Å². The Morgan fingerprint density at radius 2 is 2.00 bits per heavy atom. The summed E-state index contributed by atoms with van der Waals surface area (Å²) in [6.45, 7) is 1.13. The average molecular weight is 259 g/mol. The summed E-state index contributed by atoms with van der Waals surface area (Å²) in [6.07, 6.45) is 8.39. The van der Waals surface area contributed by atoms with E-state index in [0.29, 0.717) is 11.8 Å². The van der Waals surface area contributed by atoms with Crippen molar-refractivity contribution in [2.75, 3.05) is 6.54 Å². The third-order valence-electron chi connectivity index (χ3n) is 3.95. The summed E-state index contributed by atoms with van der Waals surface area (Å²) in [5, 5.41) is 3.50. The molecule has 1 unspecified atom stereocenters. The van der Waals surface area contributed by atoms with Crippen LogP contribution in [0.3, 0.4) is 0 Å². The third kappa shape index (κ3) is 5.56.